The number of thioether (sulfide) groups is 1. The normalized spacial score (nSPS) is 15.1. The monoisotopic (exact) mass is 215 g/mol. The molecule has 0 radical (unpaired) electrons. The summed E-state index contributed by atoms with van der Waals surface area (Å²) in [5, 5.41) is 12.7. The number of hydrogen-bond donors (Lipinski definition) is 2. The molecule has 0 aliphatic heterocycles. The zero-order chi connectivity index (χ0) is 10.8. The molecule has 5 nitrogen and oxygen atoms in total. The van der Waals surface area contributed by atoms with E-state index in [1.807, 2.05) is 13.2 Å². The summed E-state index contributed by atoms with van der Waals surface area (Å²) in [6.45, 7) is 1.50. The van der Waals surface area contributed by atoms with Gasteiger partial charge >= 0.3 is 5.97 Å². The third-order valence-electron chi connectivity index (χ3n) is 1.71. The molecule has 0 amide bonds. The summed E-state index contributed by atoms with van der Waals surface area (Å²) in [5.41, 5.74) is 4.37. The number of nitrogens with two attached hydrogens (primary N) is 1. The molecule has 0 spiro atoms. The van der Waals surface area contributed by atoms with Gasteiger partial charge in [-0.1, -0.05) is 0 Å². The van der Waals surface area contributed by atoms with Gasteiger partial charge in [0.1, 0.15) is 5.54 Å². The van der Waals surface area contributed by atoms with Gasteiger partial charge in [0.2, 0.25) is 0 Å². The number of carboxylic acid groups (broad SMARTS) is 1. The van der Waals surface area contributed by atoms with Crippen molar-refractivity contribution in [3.05, 3.63) is 12.4 Å². The Balaban J connectivity index is 2.52. The summed E-state index contributed by atoms with van der Waals surface area (Å²) in [7, 11) is 1.81. The van der Waals surface area contributed by atoms with E-state index in [1.54, 1.807) is 10.9 Å². The molecule has 3 N–H and O–H groups in total. The second-order valence-electron chi connectivity index (χ2n) is 3.36. The van der Waals surface area contributed by atoms with Crippen LogP contribution in [0.4, 0.5) is 0 Å². The zero-order valence-electron chi connectivity index (χ0n) is 8.10. The molecule has 0 saturated carbocycles. The molecule has 6 heteroatoms. The minimum absolute atomic E-state index is 0.327. The van der Waals surface area contributed by atoms with Crippen molar-refractivity contribution in [1.29, 1.82) is 0 Å². The average Bonchev–Trinajstić information content (AvgIpc) is 2.48. The van der Waals surface area contributed by atoms with Gasteiger partial charge in [0.25, 0.3) is 0 Å². The van der Waals surface area contributed by atoms with E-state index in [4.69, 9.17) is 10.8 Å². The van der Waals surface area contributed by atoms with Crippen molar-refractivity contribution in [2.75, 3.05) is 5.75 Å². The van der Waals surface area contributed by atoms with Crippen molar-refractivity contribution >= 4 is 17.7 Å². The topological polar surface area (TPSA) is 81.1 Å². The summed E-state index contributed by atoms with van der Waals surface area (Å²) < 4.78 is 1.66. The molecular formula is C8H13N3O2S. The van der Waals surface area contributed by atoms with E-state index in [1.165, 1.54) is 18.7 Å². The first-order valence-corrected chi connectivity index (χ1v) is 5.04. The fraction of sp³-hybridized carbons (Fsp3) is 0.500. The number of hydrogen-bond acceptors (Lipinski definition) is 4. The van der Waals surface area contributed by atoms with Gasteiger partial charge in [0.05, 0.1) is 6.20 Å². The second-order valence-corrected chi connectivity index (χ2v) is 4.41. The van der Waals surface area contributed by atoms with Gasteiger partial charge in [0.15, 0.2) is 0 Å². The third-order valence-corrected chi connectivity index (χ3v) is 3.00. The van der Waals surface area contributed by atoms with Crippen molar-refractivity contribution in [1.82, 2.24) is 9.78 Å². The maximum absolute atomic E-state index is 10.7. The van der Waals surface area contributed by atoms with Gasteiger partial charge in [0, 0.05) is 23.9 Å². The first-order chi connectivity index (χ1) is 6.42. The SMILES string of the molecule is Cn1cc(SCC(C)(N)C(=O)O)cn1. The van der Waals surface area contributed by atoms with Crippen molar-refractivity contribution in [3.8, 4) is 0 Å². The van der Waals surface area contributed by atoms with E-state index in [0.29, 0.717) is 5.75 Å². The molecule has 1 heterocycles. The minimum Gasteiger partial charge on any atom is -0.480 e. The van der Waals surface area contributed by atoms with Crippen LogP contribution in [0.2, 0.25) is 0 Å². The lowest BCUT2D eigenvalue weighted by Gasteiger charge is -2.17. The van der Waals surface area contributed by atoms with Gasteiger partial charge in [-0.05, 0) is 6.92 Å². The molecule has 1 atom stereocenters. The molecule has 14 heavy (non-hydrogen) atoms. The smallest absolute Gasteiger partial charge is 0.324 e. The predicted molar refractivity (Wildman–Crippen MR) is 54.2 cm³/mol. The zero-order valence-corrected chi connectivity index (χ0v) is 8.91. The molecule has 0 aliphatic carbocycles. The first-order valence-electron chi connectivity index (χ1n) is 4.05. The van der Waals surface area contributed by atoms with Crippen LogP contribution in [0.1, 0.15) is 6.92 Å². The molecule has 78 valence electrons. The van der Waals surface area contributed by atoms with Crippen LogP contribution in [0.15, 0.2) is 17.3 Å². The van der Waals surface area contributed by atoms with Gasteiger partial charge in [-0.3, -0.25) is 9.48 Å². The quantitative estimate of drug-likeness (QED) is 0.707. The number of carboxylic acids is 1. The number of aliphatic carboxylic acids is 1. The molecule has 0 aromatic carbocycles. The van der Waals surface area contributed by atoms with Crippen LogP contribution >= 0.6 is 11.8 Å². The highest BCUT2D eigenvalue weighted by Gasteiger charge is 2.27. The van der Waals surface area contributed by atoms with E-state index in [2.05, 4.69) is 5.10 Å². The van der Waals surface area contributed by atoms with E-state index in [0.717, 1.165) is 4.90 Å². The molecule has 1 rings (SSSR count). The van der Waals surface area contributed by atoms with Crippen molar-refractivity contribution in [2.24, 2.45) is 12.8 Å². The first kappa shape index (κ1) is 11.1. The highest BCUT2D eigenvalue weighted by molar-refractivity contribution is 7.99. The molecule has 0 fully saturated rings. The van der Waals surface area contributed by atoms with Gasteiger partial charge in [-0.25, -0.2) is 0 Å². The van der Waals surface area contributed by atoms with Crippen LogP contribution in [-0.2, 0) is 11.8 Å². The number of aryl methyl sites for hydroxylation is 1. The fourth-order valence-electron chi connectivity index (χ4n) is 0.768. The largest absolute Gasteiger partial charge is 0.480 e. The Bertz CT molecular complexity index is 335. The standard InChI is InChI=1S/C8H13N3O2S/c1-8(9,7(12)13)5-14-6-3-10-11(2)4-6/h3-4H,5,9H2,1-2H3,(H,12,13). The number of nitrogens with zero attached hydrogens (tertiary/aromatic N) is 2. The Morgan fingerprint density at radius 3 is 2.93 bits per heavy atom. The summed E-state index contributed by atoms with van der Waals surface area (Å²) in [6.07, 6.45) is 3.51. The summed E-state index contributed by atoms with van der Waals surface area (Å²) in [5.74, 6) is -0.664. The number of aromatic nitrogens is 2. The molecule has 1 unspecified atom stereocenters. The molecule has 0 saturated heterocycles. The highest BCUT2D eigenvalue weighted by atomic mass is 32.2. The van der Waals surface area contributed by atoms with Crippen LogP contribution in [-0.4, -0.2) is 32.1 Å². The second kappa shape index (κ2) is 4.02. The summed E-state index contributed by atoms with van der Waals surface area (Å²) in [6, 6.07) is 0. The Hall–Kier alpha value is -1.01. The fourth-order valence-corrected chi connectivity index (χ4v) is 1.71. The van der Waals surface area contributed by atoms with Crippen molar-refractivity contribution in [3.63, 3.8) is 0 Å². The molecule has 1 aromatic rings. The average molecular weight is 215 g/mol. The Morgan fingerprint density at radius 2 is 2.50 bits per heavy atom. The summed E-state index contributed by atoms with van der Waals surface area (Å²) in [4.78, 5) is 11.6. The van der Waals surface area contributed by atoms with Gasteiger partial charge in [-0.15, -0.1) is 11.8 Å². The number of rotatable bonds is 4. The maximum Gasteiger partial charge on any atom is 0.324 e. The van der Waals surface area contributed by atoms with E-state index in [-0.39, 0.29) is 0 Å². The Kier molecular flexibility index (Phi) is 3.17. The predicted octanol–water partition coefficient (Wildman–Crippen LogP) is 0.314. The van der Waals surface area contributed by atoms with Crippen LogP contribution < -0.4 is 5.73 Å². The van der Waals surface area contributed by atoms with Crippen LogP contribution in [0.25, 0.3) is 0 Å². The van der Waals surface area contributed by atoms with E-state index in [9.17, 15) is 4.79 Å². The molecule has 0 aliphatic rings. The van der Waals surface area contributed by atoms with Gasteiger partial charge in [-0.2, -0.15) is 5.10 Å². The lowest BCUT2D eigenvalue weighted by Crippen LogP contribution is -2.47. The molecular weight excluding hydrogens is 202 g/mol. The highest BCUT2D eigenvalue weighted by Crippen LogP contribution is 2.20. The maximum atomic E-state index is 10.7. The van der Waals surface area contributed by atoms with E-state index < -0.39 is 11.5 Å². The van der Waals surface area contributed by atoms with Crippen LogP contribution in [0.3, 0.4) is 0 Å². The third kappa shape index (κ3) is 2.74. The van der Waals surface area contributed by atoms with Crippen molar-refractivity contribution in [2.45, 2.75) is 17.4 Å². The van der Waals surface area contributed by atoms with Crippen LogP contribution in [0.5, 0.6) is 0 Å². The Labute approximate surface area is 86.3 Å². The van der Waals surface area contributed by atoms with Crippen molar-refractivity contribution < 1.29 is 9.90 Å². The number of carbonyl (C=O) groups is 1. The molecule has 0 bridgehead atoms. The van der Waals surface area contributed by atoms with Gasteiger partial charge < -0.3 is 10.8 Å². The molecule has 1 aromatic heterocycles. The lowest BCUT2D eigenvalue weighted by molar-refractivity contribution is -0.141. The summed E-state index contributed by atoms with van der Waals surface area (Å²) >= 11 is 1.39. The van der Waals surface area contributed by atoms with Crippen LogP contribution in [0, 0.1) is 0 Å². The minimum atomic E-state index is -1.19. The van der Waals surface area contributed by atoms with E-state index >= 15 is 0 Å². The lowest BCUT2D eigenvalue weighted by atomic mass is 10.1. The Morgan fingerprint density at radius 1 is 1.86 bits per heavy atom.